The number of carbonyl (C=O) groups is 1. The summed E-state index contributed by atoms with van der Waals surface area (Å²) in [5.74, 6) is 1.98. The molecule has 0 aliphatic heterocycles. The Bertz CT molecular complexity index is 1060. The van der Waals surface area contributed by atoms with Crippen molar-refractivity contribution in [3.05, 3.63) is 58.9 Å². The molecule has 1 N–H and O–H groups in total. The smallest absolute Gasteiger partial charge is 0.236 e. The van der Waals surface area contributed by atoms with Crippen molar-refractivity contribution < 1.29 is 9.53 Å². The Kier molecular flexibility index (Phi) is 7.86. The van der Waals surface area contributed by atoms with Crippen molar-refractivity contribution in [2.75, 3.05) is 11.1 Å². The Balaban J connectivity index is 1.67. The first-order valence-electron chi connectivity index (χ1n) is 9.98. The second-order valence-corrected chi connectivity index (χ2v) is 9.21. The predicted octanol–water partition coefficient (Wildman–Crippen LogP) is 4.97. The second-order valence-electron chi connectivity index (χ2n) is 7.41. The van der Waals surface area contributed by atoms with E-state index in [1.165, 1.54) is 23.1 Å². The molecule has 0 spiro atoms. The molecule has 2 aromatic heterocycles. The van der Waals surface area contributed by atoms with E-state index in [1.807, 2.05) is 29.9 Å². The van der Waals surface area contributed by atoms with E-state index < -0.39 is 0 Å². The van der Waals surface area contributed by atoms with Gasteiger partial charge in [0.15, 0.2) is 16.1 Å². The quantitative estimate of drug-likeness (QED) is 0.342. The molecule has 164 valence electrons. The van der Waals surface area contributed by atoms with E-state index in [9.17, 15) is 4.79 Å². The van der Waals surface area contributed by atoms with E-state index >= 15 is 0 Å². The second kappa shape index (κ2) is 10.6. The maximum atomic E-state index is 12.2. The summed E-state index contributed by atoms with van der Waals surface area (Å²) < 4.78 is 8.04. The minimum absolute atomic E-state index is 0.133. The summed E-state index contributed by atoms with van der Waals surface area (Å²) >= 11 is 2.73. The van der Waals surface area contributed by atoms with Crippen molar-refractivity contribution in [1.29, 1.82) is 0 Å². The Hall–Kier alpha value is -2.65. The summed E-state index contributed by atoms with van der Waals surface area (Å²) in [5.41, 5.74) is 3.19. The van der Waals surface area contributed by atoms with Crippen molar-refractivity contribution in [2.24, 2.45) is 0 Å². The first kappa shape index (κ1) is 23.0. The summed E-state index contributed by atoms with van der Waals surface area (Å²) in [5, 5.41) is 14.5. The molecule has 0 unspecified atom stereocenters. The van der Waals surface area contributed by atoms with Crippen LogP contribution in [0.25, 0.3) is 0 Å². The van der Waals surface area contributed by atoms with Crippen LogP contribution in [0, 0.1) is 13.8 Å². The van der Waals surface area contributed by atoms with Crippen LogP contribution >= 0.6 is 23.1 Å². The number of hydrogen-bond donors (Lipinski definition) is 1. The van der Waals surface area contributed by atoms with E-state index in [4.69, 9.17) is 4.74 Å². The number of ether oxygens (including phenoxy) is 1. The SMILES string of the molecule is C=CCn1c(COc2cc(C)ccc2C(C)C)nnc1SCC(=O)Nc1nc(C)cs1. The molecule has 0 saturated carbocycles. The van der Waals surface area contributed by atoms with Crippen LogP contribution in [0.5, 0.6) is 5.75 Å². The molecule has 3 aromatic rings. The van der Waals surface area contributed by atoms with Crippen LogP contribution < -0.4 is 10.1 Å². The van der Waals surface area contributed by atoms with Crippen LogP contribution in [0.15, 0.2) is 41.4 Å². The van der Waals surface area contributed by atoms with Gasteiger partial charge in [-0.25, -0.2) is 4.98 Å². The van der Waals surface area contributed by atoms with E-state index in [1.54, 1.807) is 6.08 Å². The zero-order valence-electron chi connectivity index (χ0n) is 18.2. The fraction of sp³-hybridized carbons (Fsp3) is 0.364. The number of rotatable bonds is 10. The molecule has 1 aromatic carbocycles. The number of aromatic nitrogens is 4. The average Bonchev–Trinajstić information content (AvgIpc) is 3.30. The predicted molar refractivity (Wildman–Crippen MR) is 126 cm³/mol. The van der Waals surface area contributed by atoms with Crippen molar-refractivity contribution >= 4 is 34.1 Å². The van der Waals surface area contributed by atoms with Gasteiger partial charge in [0.2, 0.25) is 5.91 Å². The van der Waals surface area contributed by atoms with Crippen LogP contribution in [0.3, 0.4) is 0 Å². The number of amides is 1. The number of thiazole rings is 1. The van der Waals surface area contributed by atoms with E-state index in [0.29, 0.717) is 28.6 Å². The number of anilines is 1. The number of nitrogens with zero attached hydrogens (tertiary/aromatic N) is 4. The minimum atomic E-state index is -0.133. The van der Waals surface area contributed by atoms with Crippen LogP contribution in [-0.2, 0) is 17.9 Å². The fourth-order valence-corrected chi connectivity index (χ4v) is 4.40. The van der Waals surface area contributed by atoms with E-state index in [-0.39, 0.29) is 18.3 Å². The Morgan fingerprint density at radius 1 is 1.35 bits per heavy atom. The van der Waals surface area contributed by atoms with Crippen molar-refractivity contribution in [2.45, 2.75) is 51.9 Å². The molecule has 7 nitrogen and oxygen atoms in total. The molecule has 3 rings (SSSR count). The topological polar surface area (TPSA) is 81.9 Å². The minimum Gasteiger partial charge on any atom is -0.485 e. The first-order valence-corrected chi connectivity index (χ1v) is 11.8. The van der Waals surface area contributed by atoms with Crippen molar-refractivity contribution in [1.82, 2.24) is 19.7 Å². The highest BCUT2D eigenvalue weighted by atomic mass is 32.2. The molecule has 0 saturated heterocycles. The largest absolute Gasteiger partial charge is 0.485 e. The fourth-order valence-electron chi connectivity index (χ4n) is 2.93. The Morgan fingerprint density at radius 2 is 2.16 bits per heavy atom. The number of aryl methyl sites for hydroxylation is 2. The molecular weight excluding hydrogens is 430 g/mol. The lowest BCUT2D eigenvalue weighted by atomic mass is 10.0. The third-order valence-electron chi connectivity index (χ3n) is 4.45. The van der Waals surface area contributed by atoms with Crippen molar-refractivity contribution in [3.63, 3.8) is 0 Å². The third-order valence-corrected chi connectivity index (χ3v) is 6.29. The maximum absolute atomic E-state index is 12.2. The highest BCUT2D eigenvalue weighted by Gasteiger charge is 2.16. The van der Waals surface area contributed by atoms with Gasteiger partial charge in [-0.05, 0) is 37.0 Å². The number of nitrogens with one attached hydrogen (secondary N) is 1. The number of hydrogen-bond acceptors (Lipinski definition) is 7. The normalized spacial score (nSPS) is 11.0. The van der Waals surface area contributed by atoms with Gasteiger partial charge < -0.3 is 10.1 Å². The van der Waals surface area contributed by atoms with Gasteiger partial charge in [-0.15, -0.1) is 28.1 Å². The molecule has 0 bridgehead atoms. The Morgan fingerprint density at radius 3 is 2.84 bits per heavy atom. The molecule has 0 fully saturated rings. The highest BCUT2D eigenvalue weighted by Crippen LogP contribution is 2.28. The van der Waals surface area contributed by atoms with Gasteiger partial charge in [0.25, 0.3) is 0 Å². The number of benzene rings is 1. The van der Waals surface area contributed by atoms with Crippen LogP contribution in [-0.4, -0.2) is 31.4 Å². The van der Waals surface area contributed by atoms with Gasteiger partial charge in [0.05, 0.1) is 11.4 Å². The number of allylic oxidation sites excluding steroid dienone is 1. The van der Waals surface area contributed by atoms with Gasteiger partial charge in [0.1, 0.15) is 12.4 Å². The first-order chi connectivity index (χ1) is 14.9. The molecule has 31 heavy (non-hydrogen) atoms. The maximum Gasteiger partial charge on any atom is 0.236 e. The standard InChI is InChI=1S/C22H27N5O2S2/c1-6-9-27-19(11-29-18-10-15(4)7-8-17(18)14(2)3)25-26-22(27)31-13-20(28)24-21-23-16(5)12-30-21/h6-8,10,12,14H,1,9,11,13H2,2-5H3,(H,23,24,28). The zero-order chi connectivity index (χ0) is 22.4. The van der Waals surface area contributed by atoms with E-state index in [2.05, 4.69) is 53.1 Å². The highest BCUT2D eigenvalue weighted by molar-refractivity contribution is 7.99. The molecule has 0 radical (unpaired) electrons. The van der Waals surface area contributed by atoms with Gasteiger partial charge in [0, 0.05) is 11.9 Å². The summed E-state index contributed by atoms with van der Waals surface area (Å²) in [6, 6.07) is 6.24. The molecule has 0 aliphatic carbocycles. The van der Waals surface area contributed by atoms with Gasteiger partial charge in [-0.1, -0.05) is 43.8 Å². The molecule has 0 atom stereocenters. The molecular formula is C22H27N5O2S2. The molecule has 1 amide bonds. The lowest BCUT2D eigenvalue weighted by Gasteiger charge is -2.15. The van der Waals surface area contributed by atoms with Crippen LogP contribution in [0.4, 0.5) is 5.13 Å². The summed E-state index contributed by atoms with van der Waals surface area (Å²) in [4.78, 5) is 16.5. The molecule has 9 heteroatoms. The van der Waals surface area contributed by atoms with Gasteiger partial charge in [-0.3, -0.25) is 9.36 Å². The lowest BCUT2D eigenvalue weighted by molar-refractivity contribution is -0.113. The summed E-state index contributed by atoms with van der Waals surface area (Å²) in [7, 11) is 0. The lowest BCUT2D eigenvalue weighted by Crippen LogP contribution is -2.15. The average molecular weight is 458 g/mol. The summed E-state index contributed by atoms with van der Waals surface area (Å²) in [6.45, 7) is 12.9. The van der Waals surface area contributed by atoms with Gasteiger partial charge in [-0.2, -0.15) is 0 Å². The molecule has 2 heterocycles. The summed E-state index contributed by atoms with van der Waals surface area (Å²) in [6.07, 6.45) is 1.78. The third kappa shape index (κ3) is 6.18. The molecule has 0 aliphatic rings. The number of carbonyl (C=O) groups excluding carboxylic acids is 1. The monoisotopic (exact) mass is 457 g/mol. The van der Waals surface area contributed by atoms with Crippen molar-refractivity contribution in [3.8, 4) is 5.75 Å². The van der Waals surface area contributed by atoms with Crippen LogP contribution in [0.1, 0.15) is 42.4 Å². The van der Waals surface area contributed by atoms with Gasteiger partial charge >= 0.3 is 0 Å². The Labute approximate surface area is 191 Å². The number of thioether (sulfide) groups is 1. The van der Waals surface area contributed by atoms with E-state index in [0.717, 1.165) is 22.6 Å². The van der Waals surface area contributed by atoms with Crippen LogP contribution in [0.2, 0.25) is 0 Å². The zero-order valence-corrected chi connectivity index (χ0v) is 19.8.